The highest BCUT2D eigenvalue weighted by molar-refractivity contribution is 7.89. The number of piperidine rings is 1. The van der Waals surface area contributed by atoms with E-state index in [0.717, 1.165) is 43.9 Å². The first-order valence-electron chi connectivity index (χ1n) is 9.14. The number of halogens is 2. The number of anilines is 2. The Kier molecular flexibility index (Phi) is 6.40. The number of rotatable bonds is 7. The molecule has 152 valence electrons. The predicted octanol–water partition coefficient (Wildman–Crippen LogP) is 2.44. The van der Waals surface area contributed by atoms with Gasteiger partial charge in [0.1, 0.15) is 34.0 Å². The molecule has 0 unspecified atom stereocenters. The fourth-order valence-corrected chi connectivity index (χ4v) is 4.16. The van der Waals surface area contributed by atoms with Crippen LogP contribution in [0, 0.1) is 18.6 Å². The summed E-state index contributed by atoms with van der Waals surface area (Å²) in [5.74, 6) is 0.114. The van der Waals surface area contributed by atoms with Crippen LogP contribution in [-0.4, -0.2) is 44.6 Å². The quantitative estimate of drug-likeness (QED) is 0.681. The zero-order chi connectivity index (χ0) is 20.1. The van der Waals surface area contributed by atoms with Crippen molar-refractivity contribution < 1.29 is 17.2 Å². The van der Waals surface area contributed by atoms with Crippen LogP contribution in [-0.2, 0) is 10.0 Å². The van der Waals surface area contributed by atoms with Gasteiger partial charge < -0.3 is 10.2 Å². The molecule has 0 aliphatic carbocycles. The molecule has 2 heterocycles. The van der Waals surface area contributed by atoms with Crippen molar-refractivity contribution in [2.45, 2.75) is 31.1 Å². The Morgan fingerprint density at radius 1 is 1.07 bits per heavy atom. The van der Waals surface area contributed by atoms with Crippen molar-refractivity contribution in [2.75, 3.05) is 36.4 Å². The Bertz CT molecular complexity index is 934. The molecule has 1 fully saturated rings. The lowest BCUT2D eigenvalue weighted by atomic mass is 10.1. The van der Waals surface area contributed by atoms with Crippen LogP contribution in [0.3, 0.4) is 0 Å². The van der Waals surface area contributed by atoms with Gasteiger partial charge in [0.2, 0.25) is 10.0 Å². The van der Waals surface area contributed by atoms with Crippen LogP contribution in [0.2, 0.25) is 0 Å². The average Bonchev–Trinajstić information content (AvgIpc) is 2.65. The van der Waals surface area contributed by atoms with Crippen LogP contribution in [0.15, 0.2) is 29.2 Å². The van der Waals surface area contributed by atoms with E-state index in [2.05, 4.69) is 24.9 Å². The topological polar surface area (TPSA) is 87.2 Å². The van der Waals surface area contributed by atoms with Gasteiger partial charge in [0.05, 0.1) is 0 Å². The molecule has 1 saturated heterocycles. The smallest absolute Gasteiger partial charge is 0.243 e. The third-order valence-corrected chi connectivity index (χ3v) is 5.91. The van der Waals surface area contributed by atoms with Gasteiger partial charge in [-0.25, -0.2) is 31.9 Å². The van der Waals surface area contributed by atoms with Gasteiger partial charge in [-0.15, -0.1) is 0 Å². The van der Waals surface area contributed by atoms with E-state index < -0.39 is 26.6 Å². The first kappa shape index (κ1) is 20.4. The zero-order valence-corrected chi connectivity index (χ0v) is 16.4. The Hall–Kier alpha value is -2.33. The molecule has 7 nitrogen and oxygen atoms in total. The van der Waals surface area contributed by atoms with E-state index in [4.69, 9.17) is 0 Å². The summed E-state index contributed by atoms with van der Waals surface area (Å²) in [6.45, 7) is 3.98. The molecular weight excluding hydrogens is 388 g/mol. The van der Waals surface area contributed by atoms with Crippen molar-refractivity contribution in [3.63, 3.8) is 0 Å². The number of nitrogens with zero attached hydrogens (tertiary/aromatic N) is 3. The van der Waals surface area contributed by atoms with Crippen molar-refractivity contribution in [2.24, 2.45) is 0 Å². The molecule has 3 rings (SSSR count). The maximum Gasteiger partial charge on any atom is 0.243 e. The van der Waals surface area contributed by atoms with Crippen molar-refractivity contribution in [1.82, 2.24) is 14.7 Å². The van der Waals surface area contributed by atoms with Crippen LogP contribution in [0.5, 0.6) is 0 Å². The van der Waals surface area contributed by atoms with Crippen LogP contribution in [0.1, 0.15) is 25.1 Å². The van der Waals surface area contributed by atoms with E-state index in [1.54, 1.807) is 6.92 Å². The second-order valence-corrected chi connectivity index (χ2v) is 8.34. The van der Waals surface area contributed by atoms with Gasteiger partial charge in [0.25, 0.3) is 0 Å². The number of sulfonamides is 1. The minimum atomic E-state index is -4.07. The Labute approximate surface area is 163 Å². The third kappa shape index (κ3) is 5.14. The lowest BCUT2D eigenvalue weighted by Crippen LogP contribution is -2.31. The van der Waals surface area contributed by atoms with Crippen LogP contribution < -0.4 is 14.9 Å². The van der Waals surface area contributed by atoms with E-state index >= 15 is 0 Å². The second kappa shape index (κ2) is 8.78. The number of aryl methyl sites for hydroxylation is 1. The predicted molar refractivity (Wildman–Crippen MR) is 103 cm³/mol. The average molecular weight is 411 g/mol. The van der Waals surface area contributed by atoms with E-state index in [9.17, 15) is 17.2 Å². The van der Waals surface area contributed by atoms with Crippen LogP contribution >= 0.6 is 0 Å². The number of hydrogen-bond acceptors (Lipinski definition) is 6. The summed E-state index contributed by atoms with van der Waals surface area (Å²) in [6.07, 6.45) is 3.49. The van der Waals surface area contributed by atoms with Crippen molar-refractivity contribution in [3.05, 3.63) is 41.7 Å². The van der Waals surface area contributed by atoms with Gasteiger partial charge in [-0.3, -0.25) is 0 Å². The Morgan fingerprint density at radius 3 is 2.54 bits per heavy atom. The fourth-order valence-electron chi connectivity index (χ4n) is 3.07. The summed E-state index contributed by atoms with van der Waals surface area (Å²) in [7, 11) is -4.07. The van der Waals surface area contributed by atoms with E-state index in [1.807, 2.05) is 6.07 Å². The van der Waals surface area contributed by atoms with E-state index in [1.165, 1.54) is 6.42 Å². The molecule has 1 aromatic heterocycles. The molecule has 0 saturated carbocycles. The monoisotopic (exact) mass is 411 g/mol. The molecule has 0 amide bonds. The summed E-state index contributed by atoms with van der Waals surface area (Å²) in [5, 5.41) is 3.05. The highest BCUT2D eigenvalue weighted by atomic mass is 32.2. The van der Waals surface area contributed by atoms with Crippen LogP contribution in [0.25, 0.3) is 0 Å². The lowest BCUT2D eigenvalue weighted by molar-refractivity contribution is 0.543. The molecule has 28 heavy (non-hydrogen) atoms. The van der Waals surface area contributed by atoms with Crippen molar-refractivity contribution in [1.29, 1.82) is 0 Å². The number of hydrogen-bond donors (Lipinski definition) is 2. The lowest BCUT2D eigenvalue weighted by Gasteiger charge is -2.28. The molecule has 0 bridgehead atoms. The first-order valence-corrected chi connectivity index (χ1v) is 10.6. The molecule has 1 aliphatic rings. The van der Waals surface area contributed by atoms with Gasteiger partial charge in [-0.05, 0) is 38.3 Å². The molecule has 0 radical (unpaired) electrons. The highest BCUT2D eigenvalue weighted by Crippen LogP contribution is 2.20. The van der Waals surface area contributed by atoms with Crippen LogP contribution in [0.4, 0.5) is 20.4 Å². The summed E-state index contributed by atoms with van der Waals surface area (Å²) in [5.41, 5.74) is 0. The van der Waals surface area contributed by atoms with E-state index in [0.29, 0.717) is 17.7 Å². The Morgan fingerprint density at radius 2 is 1.82 bits per heavy atom. The van der Waals surface area contributed by atoms with Gasteiger partial charge in [0, 0.05) is 38.3 Å². The summed E-state index contributed by atoms with van der Waals surface area (Å²) >= 11 is 0. The molecule has 2 N–H and O–H groups in total. The van der Waals surface area contributed by atoms with Crippen molar-refractivity contribution >= 4 is 21.7 Å². The standard InChI is InChI=1S/C18H23F2N5O2S/c1-13-23-17(12-18(24-13)25-9-3-2-4-10-25)21-7-8-22-28(26,27)16-6-5-14(19)11-15(16)20/h5-6,11-12,22H,2-4,7-10H2,1H3,(H,21,23,24). The summed E-state index contributed by atoms with van der Waals surface area (Å²) in [6, 6.07) is 4.19. The molecule has 1 aromatic carbocycles. The maximum atomic E-state index is 13.7. The highest BCUT2D eigenvalue weighted by Gasteiger charge is 2.19. The number of nitrogens with one attached hydrogen (secondary N) is 2. The minimum Gasteiger partial charge on any atom is -0.369 e. The molecule has 2 aromatic rings. The molecule has 0 atom stereocenters. The van der Waals surface area contributed by atoms with Crippen molar-refractivity contribution in [3.8, 4) is 0 Å². The third-order valence-electron chi connectivity index (χ3n) is 4.41. The van der Waals surface area contributed by atoms with Gasteiger partial charge in [-0.1, -0.05) is 0 Å². The minimum absolute atomic E-state index is 0.0151. The van der Waals surface area contributed by atoms with E-state index in [-0.39, 0.29) is 13.1 Å². The summed E-state index contributed by atoms with van der Waals surface area (Å²) < 4.78 is 53.2. The van der Waals surface area contributed by atoms with Gasteiger partial charge in [-0.2, -0.15) is 0 Å². The second-order valence-electron chi connectivity index (χ2n) is 6.61. The van der Waals surface area contributed by atoms with Gasteiger partial charge >= 0.3 is 0 Å². The largest absolute Gasteiger partial charge is 0.369 e. The van der Waals surface area contributed by atoms with Gasteiger partial charge in [0.15, 0.2) is 0 Å². The summed E-state index contributed by atoms with van der Waals surface area (Å²) in [4.78, 5) is 10.4. The molecule has 10 heteroatoms. The maximum absolute atomic E-state index is 13.7. The number of aromatic nitrogens is 2. The normalized spacial score (nSPS) is 14.9. The molecule has 1 aliphatic heterocycles. The SMILES string of the molecule is Cc1nc(NCCNS(=O)(=O)c2ccc(F)cc2F)cc(N2CCCCC2)n1. The molecular formula is C18H23F2N5O2S. The fraction of sp³-hybridized carbons (Fsp3) is 0.444. The number of benzene rings is 1. The first-order chi connectivity index (χ1) is 13.3. The zero-order valence-electron chi connectivity index (χ0n) is 15.6. The molecule has 0 spiro atoms. The Balaban J connectivity index is 1.58.